The fourth-order valence-corrected chi connectivity index (χ4v) is 2.27. The van der Waals surface area contributed by atoms with E-state index >= 15 is 0 Å². The molecule has 1 rings (SSSR count). The van der Waals surface area contributed by atoms with Gasteiger partial charge in [-0.1, -0.05) is 0 Å². The third-order valence-corrected chi connectivity index (χ3v) is 3.28. The molecule has 1 aromatic carbocycles. The lowest BCUT2D eigenvalue weighted by molar-refractivity contribution is 0.296. The first-order chi connectivity index (χ1) is 7.81. The average Bonchev–Trinajstić information content (AvgIpc) is 2.34. The maximum atomic E-state index is 8.69. The van der Waals surface area contributed by atoms with Gasteiger partial charge >= 0.3 is 0 Å². The van der Waals surface area contributed by atoms with Crippen LogP contribution >= 0.6 is 11.8 Å². The molecule has 90 valence electrons. The summed E-state index contributed by atoms with van der Waals surface area (Å²) in [6, 6.07) is 5.80. The first-order valence-electron chi connectivity index (χ1n) is 5.21. The molecule has 0 spiro atoms. The second-order valence-corrected chi connectivity index (χ2v) is 4.41. The van der Waals surface area contributed by atoms with Crippen LogP contribution in [0.25, 0.3) is 0 Å². The van der Waals surface area contributed by atoms with Crippen LogP contribution in [0.15, 0.2) is 18.2 Å². The van der Waals surface area contributed by atoms with E-state index in [2.05, 4.69) is 0 Å². The van der Waals surface area contributed by atoms with Crippen LogP contribution in [-0.2, 0) is 5.75 Å². The lowest BCUT2D eigenvalue weighted by Gasteiger charge is -2.10. The van der Waals surface area contributed by atoms with Gasteiger partial charge in [0.15, 0.2) is 0 Å². The van der Waals surface area contributed by atoms with Crippen LogP contribution in [0.5, 0.6) is 11.5 Å². The summed E-state index contributed by atoms with van der Waals surface area (Å²) in [4.78, 5) is 0. The van der Waals surface area contributed by atoms with Crippen molar-refractivity contribution in [3.05, 3.63) is 23.8 Å². The highest BCUT2D eigenvalue weighted by Gasteiger charge is 2.04. The van der Waals surface area contributed by atoms with E-state index in [9.17, 15) is 0 Å². The van der Waals surface area contributed by atoms with Crippen LogP contribution in [0.4, 0.5) is 0 Å². The van der Waals surface area contributed by atoms with Crippen LogP contribution in [-0.4, -0.2) is 31.7 Å². The van der Waals surface area contributed by atoms with Gasteiger partial charge in [-0.3, -0.25) is 0 Å². The molecule has 0 saturated carbocycles. The molecule has 0 aromatic heterocycles. The van der Waals surface area contributed by atoms with Crippen LogP contribution in [0.2, 0.25) is 0 Å². The number of aliphatic hydroxyl groups is 1. The Morgan fingerprint density at radius 1 is 1.25 bits per heavy atom. The number of hydrogen-bond acceptors (Lipinski definition) is 4. The van der Waals surface area contributed by atoms with E-state index in [4.69, 9.17) is 14.6 Å². The lowest BCUT2D eigenvalue weighted by atomic mass is 10.2. The predicted molar refractivity (Wildman–Crippen MR) is 67.4 cm³/mol. The first-order valence-corrected chi connectivity index (χ1v) is 6.36. The van der Waals surface area contributed by atoms with Crippen LogP contribution in [0.3, 0.4) is 0 Å². The number of ether oxygens (including phenoxy) is 2. The normalized spacial score (nSPS) is 10.2. The van der Waals surface area contributed by atoms with Gasteiger partial charge in [-0.2, -0.15) is 11.8 Å². The van der Waals surface area contributed by atoms with Gasteiger partial charge in [0, 0.05) is 17.9 Å². The van der Waals surface area contributed by atoms with Crippen molar-refractivity contribution in [2.45, 2.75) is 12.2 Å². The van der Waals surface area contributed by atoms with Gasteiger partial charge in [0.25, 0.3) is 0 Å². The van der Waals surface area contributed by atoms with E-state index in [0.717, 1.165) is 35.0 Å². The van der Waals surface area contributed by atoms with Gasteiger partial charge < -0.3 is 14.6 Å². The zero-order chi connectivity index (χ0) is 11.8. The SMILES string of the molecule is COc1ccc(OC)c(CSCCCO)c1. The second kappa shape index (κ2) is 7.41. The quantitative estimate of drug-likeness (QED) is 0.745. The maximum Gasteiger partial charge on any atom is 0.123 e. The van der Waals surface area contributed by atoms with Crippen LogP contribution in [0, 0.1) is 0 Å². The molecule has 1 N–H and O–H groups in total. The summed E-state index contributed by atoms with van der Waals surface area (Å²) in [6.45, 7) is 0.252. The average molecular weight is 242 g/mol. The molecule has 4 heteroatoms. The Morgan fingerprint density at radius 3 is 2.69 bits per heavy atom. The molecule has 0 aliphatic carbocycles. The molecule has 16 heavy (non-hydrogen) atoms. The van der Waals surface area contributed by atoms with Crippen LogP contribution in [0.1, 0.15) is 12.0 Å². The van der Waals surface area contributed by atoms with Gasteiger partial charge in [0.2, 0.25) is 0 Å². The summed E-state index contributed by atoms with van der Waals surface area (Å²) in [6.07, 6.45) is 0.830. The van der Waals surface area contributed by atoms with Gasteiger partial charge in [-0.05, 0) is 30.4 Å². The Bertz CT molecular complexity index is 315. The van der Waals surface area contributed by atoms with E-state index in [1.54, 1.807) is 26.0 Å². The highest BCUT2D eigenvalue weighted by Crippen LogP contribution is 2.27. The molecule has 0 saturated heterocycles. The van der Waals surface area contributed by atoms with E-state index < -0.39 is 0 Å². The van der Waals surface area contributed by atoms with Gasteiger partial charge in [-0.25, -0.2) is 0 Å². The summed E-state index contributed by atoms with van der Waals surface area (Å²) >= 11 is 1.78. The van der Waals surface area contributed by atoms with Crippen molar-refractivity contribution in [3.63, 3.8) is 0 Å². The van der Waals surface area contributed by atoms with Crippen molar-refractivity contribution >= 4 is 11.8 Å². The van der Waals surface area contributed by atoms with Gasteiger partial charge in [0.1, 0.15) is 11.5 Å². The van der Waals surface area contributed by atoms with Crippen molar-refractivity contribution in [1.29, 1.82) is 0 Å². The highest BCUT2D eigenvalue weighted by molar-refractivity contribution is 7.98. The monoisotopic (exact) mass is 242 g/mol. The Kier molecular flexibility index (Phi) is 6.11. The van der Waals surface area contributed by atoms with Crippen LogP contribution < -0.4 is 9.47 Å². The molecule has 0 bridgehead atoms. The molecule has 0 unspecified atom stereocenters. The second-order valence-electron chi connectivity index (χ2n) is 3.31. The third-order valence-electron chi connectivity index (χ3n) is 2.19. The van der Waals surface area contributed by atoms with E-state index in [-0.39, 0.29) is 6.61 Å². The summed E-state index contributed by atoms with van der Waals surface area (Å²) in [5.41, 5.74) is 1.13. The minimum Gasteiger partial charge on any atom is -0.497 e. The molecule has 1 aromatic rings. The summed E-state index contributed by atoms with van der Waals surface area (Å²) in [5, 5.41) is 8.69. The number of thioether (sulfide) groups is 1. The van der Waals surface area contributed by atoms with Gasteiger partial charge in [0.05, 0.1) is 14.2 Å². The molecular formula is C12H18O3S. The fraction of sp³-hybridized carbons (Fsp3) is 0.500. The van der Waals surface area contributed by atoms with E-state index in [1.807, 2.05) is 18.2 Å². The molecule has 3 nitrogen and oxygen atoms in total. The number of rotatable bonds is 7. The third kappa shape index (κ3) is 3.94. The number of methoxy groups -OCH3 is 2. The Morgan fingerprint density at radius 2 is 2.06 bits per heavy atom. The number of aliphatic hydroxyl groups excluding tert-OH is 1. The Balaban J connectivity index is 2.60. The molecule has 0 heterocycles. The van der Waals surface area contributed by atoms with Crippen molar-refractivity contribution in [2.75, 3.05) is 26.6 Å². The molecule has 0 radical (unpaired) electrons. The molecule has 0 aliphatic rings. The zero-order valence-corrected chi connectivity index (χ0v) is 10.5. The summed E-state index contributed by atoms with van der Waals surface area (Å²) in [7, 11) is 3.33. The van der Waals surface area contributed by atoms with Crippen molar-refractivity contribution < 1.29 is 14.6 Å². The van der Waals surface area contributed by atoms with E-state index in [1.165, 1.54) is 0 Å². The minimum absolute atomic E-state index is 0.252. The lowest BCUT2D eigenvalue weighted by Crippen LogP contribution is -1.93. The molecule has 0 amide bonds. The minimum atomic E-state index is 0.252. The largest absolute Gasteiger partial charge is 0.497 e. The standard InChI is InChI=1S/C12H18O3S/c1-14-11-4-5-12(15-2)10(8-11)9-16-7-3-6-13/h4-5,8,13H,3,6-7,9H2,1-2H3. The number of hydrogen-bond donors (Lipinski definition) is 1. The molecule has 0 atom stereocenters. The van der Waals surface area contributed by atoms with Crippen molar-refractivity contribution in [3.8, 4) is 11.5 Å². The van der Waals surface area contributed by atoms with Crippen molar-refractivity contribution in [1.82, 2.24) is 0 Å². The molecular weight excluding hydrogens is 224 g/mol. The van der Waals surface area contributed by atoms with Crippen molar-refractivity contribution in [2.24, 2.45) is 0 Å². The Hall–Kier alpha value is -0.870. The molecule has 0 fully saturated rings. The maximum absolute atomic E-state index is 8.69. The predicted octanol–water partition coefficient (Wildman–Crippen LogP) is 2.32. The Labute approximate surface area is 101 Å². The summed E-state index contributed by atoms with van der Waals surface area (Å²) in [5.74, 6) is 3.56. The number of benzene rings is 1. The topological polar surface area (TPSA) is 38.7 Å². The molecule has 0 aliphatic heterocycles. The van der Waals surface area contributed by atoms with E-state index in [0.29, 0.717) is 0 Å². The zero-order valence-electron chi connectivity index (χ0n) is 9.73. The summed E-state index contributed by atoms with van der Waals surface area (Å²) < 4.78 is 10.5. The fourth-order valence-electron chi connectivity index (χ4n) is 1.34. The smallest absolute Gasteiger partial charge is 0.123 e. The first kappa shape index (κ1) is 13.2. The van der Waals surface area contributed by atoms with Gasteiger partial charge in [-0.15, -0.1) is 0 Å². The highest BCUT2D eigenvalue weighted by atomic mass is 32.2.